The predicted molar refractivity (Wildman–Crippen MR) is 69.2 cm³/mol. The third-order valence-corrected chi connectivity index (χ3v) is 4.99. The minimum absolute atomic E-state index is 0.361. The number of piperidine rings is 1. The highest BCUT2D eigenvalue weighted by Gasteiger charge is 2.27. The van der Waals surface area contributed by atoms with E-state index in [4.69, 9.17) is 5.11 Å². The van der Waals surface area contributed by atoms with Gasteiger partial charge in [-0.25, -0.2) is 4.98 Å². The fraction of sp³-hybridized carbons (Fsp3) is 0.769. The highest BCUT2D eigenvalue weighted by molar-refractivity contribution is 7.11. The Morgan fingerprint density at radius 1 is 1.29 bits per heavy atom. The molecule has 3 nitrogen and oxygen atoms in total. The van der Waals surface area contributed by atoms with Crippen molar-refractivity contribution in [3.63, 3.8) is 0 Å². The van der Waals surface area contributed by atoms with Gasteiger partial charge >= 0.3 is 0 Å². The largest absolute Gasteiger partial charge is 0.396 e. The van der Waals surface area contributed by atoms with E-state index in [1.54, 1.807) is 0 Å². The molecular weight excluding hydrogens is 232 g/mol. The molecule has 1 saturated heterocycles. The zero-order valence-electron chi connectivity index (χ0n) is 10.1. The zero-order valence-corrected chi connectivity index (χ0v) is 11.0. The standard InChI is InChI=1S/C13H20N2OS/c16-9-10-3-5-15(6-4-10)8-12-7-14-13(17-12)11-1-2-11/h7,10-11,16H,1-6,8-9H2. The average Bonchev–Trinajstić information content (AvgIpc) is 3.12. The van der Waals surface area contributed by atoms with Crippen LogP contribution in [0.5, 0.6) is 0 Å². The lowest BCUT2D eigenvalue weighted by atomic mass is 9.98. The Bertz CT molecular complexity index is 367. The van der Waals surface area contributed by atoms with Crippen molar-refractivity contribution in [2.75, 3.05) is 19.7 Å². The van der Waals surface area contributed by atoms with Crippen molar-refractivity contribution < 1.29 is 5.11 Å². The minimum Gasteiger partial charge on any atom is -0.396 e. The van der Waals surface area contributed by atoms with Crippen molar-refractivity contribution in [2.45, 2.75) is 38.1 Å². The number of aromatic nitrogens is 1. The van der Waals surface area contributed by atoms with Gasteiger partial charge in [0.05, 0.1) is 5.01 Å². The number of nitrogens with zero attached hydrogens (tertiary/aromatic N) is 2. The van der Waals surface area contributed by atoms with Crippen LogP contribution in [0.2, 0.25) is 0 Å². The maximum Gasteiger partial charge on any atom is 0.0959 e. The molecule has 0 bridgehead atoms. The summed E-state index contributed by atoms with van der Waals surface area (Å²) in [6.07, 6.45) is 7.04. The Hall–Kier alpha value is -0.450. The number of rotatable bonds is 4. The molecule has 1 N–H and O–H groups in total. The Labute approximate surface area is 106 Å². The highest BCUT2D eigenvalue weighted by atomic mass is 32.1. The molecule has 1 aromatic rings. The van der Waals surface area contributed by atoms with Gasteiger partial charge in [0.15, 0.2) is 0 Å². The molecule has 1 aromatic heterocycles. The number of hydrogen-bond donors (Lipinski definition) is 1. The van der Waals surface area contributed by atoms with E-state index in [0.29, 0.717) is 12.5 Å². The van der Waals surface area contributed by atoms with E-state index in [-0.39, 0.29) is 0 Å². The van der Waals surface area contributed by atoms with Gasteiger partial charge in [-0.2, -0.15) is 0 Å². The van der Waals surface area contributed by atoms with E-state index in [1.807, 2.05) is 11.3 Å². The molecule has 0 aromatic carbocycles. The van der Waals surface area contributed by atoms with E-state index < -0.39 is 0 Å². The Balaban J connectivity index is 1.52. The monoisotopic (exact) mass is 252 g/mol. The fourth-order valence-corrected chi connectivity index (χ4v) is 3.59. The summed E-state index contributed by atoms with van der Waals surface area (Å²) in [5, 5.41) is 10.5. The van der Waals surface area contributed by atoms with Gasteiger partial charge in [0.2, 0.25) is 0 Å². The SMILES string of the molecule is OCC1CCN(Cc2cnc(C3CC3)s2)CC1. The van der Waals surface area contributed by atoms with Crippen molar-refractivity contribution in [3.05, 3.63) is 16.1 Å². The zero-order chi connectivity index (χ0) is 11.7. The molecule has 0 radical (unpaired) electrons. The third-order valence-electron chi connectivity index (χ3n) is 3.84. The van der Waals surface area contributed by atoms with Crippen LogP contribution in [-0.4, -0.2) is 34.7 Å². The Kier molecular flexibility index (Phi) is 3.45. The number of hydrogen-bond acceptors (Lipinski definition) is 4. The summed E-state index contributed by atoms with van der Waals surface area (Å²) in [7, 11) is 0. The van der Waals surface area contributed by atoms with E-state index in [1.165, 1.54) is 22.7 Å². The second-order valence-corrected chi connectivity index (χ2v) is 6.49. The van der Waals surface area contributed by atoms with Gasteiger partial charge in [0.25, 0.3) is 0 Å². The first-order chi connectivity index (χ1) is 8.35. The first-order valence-corrected chi connectivity index (χ1v) is 7.44. The van der Waals surface area contributed by atoms with Crippen LogP contribution in [0.3, 0.4) is 0 Å². The maximum absolute atomic E-state index is 9.11. The van der Waals surface area contributed by atoms with Gasteiger partial charge in [-0.05, 0) is 44.7 Å². The fourth-order valence-electron chi connectivity index (χ4n) is 2.46. The molecule has 2 aliphatic rings. The van der Waals surface area contributed by atoms with Crippen molar-refractivity contribution in [1.29, 1.82) is 0 Å². The van der Waals surface area contributed by atoms with Crippen molar-refractivity contribution in [2.24, 2.45) is 5.92 Å². The van der Waals surface area contributed by atoms with Crippen molar-refractivity contribution >= 4 is 11.3 Å². The quantitative estimate of drug-likeness (QED) is 0.892. The summed E-state index contributed by atoms with van der Waals surface area (Å²) < 4.78 is 0. The van der Waals surface area contributed by atoms with Crippen LogP contribution in [-0.2, 0) is 6.54 Å². The molecule has 0 atom stereocenters. The van der Waals surface area contributed by atoms with Gasteiger partial charge < -0.3 is 5.11 Å². The molecule has 17 heavy (non-hydrogen) atoms. The second kappa shape index (κ2) is 5.04. The van der Waals surface area contributed by atoms with E-state index in [2.05, 4.69) is 16.1 Å². The highest BCUT2D eigenvalue weighted by Crippen LogP contribution is 2.41. The molecule has 0 amide bonds. The number of thiazole rings is 1. The molecule has 1 aliphatic carbocycles. The van der Waals surface area contributed by atoms with Gasteiger partial charge in [0, 0.05) is 30.1 Å². The predicted octanol–water partition coefficient (Wildman–Crippen LogP) is 2.22. The molecule has 2 fully saturated rings. The van der Waals surface area contributed by atoms with E-state index >= 15 is 0 Å². The second-order valence-electron chi connectivity index (χ2n) is 5.34. The maximum atomic E-state index is 9.11. The topological polar surface area (TPSA) is 36.4 Å². The number of aliphatic hydroxyl groups is 1. The van der Waals surface area contributed by atoms with Crippen LogP contribution in [0.15, 0.2) is 6.20 Å². The van der Waals surface area contributed by atoms with Gasteiger partial charge in [-0.3, -0.25) is 4.90 Å². The molecule has 0 unspecified atom stereocenters. The van der Waals surface area contributed by atoms with E-state index in [0.717, 1.165) is 38.4 Å². The lowest BCUT2D eigenvalue weighted by Gasteiger charge is -2.30. The molecular formula is C13H20N2OS. The summed E-state index contributed by atoms with van der Waals surface area (Å²) >= 11 is 1.90. The van der Waals surface area contributed by atoms with Crippen LogP contribution in [0.25, 0.3) is 0 Å². The van der Waals surface area contributed by atoms with Crippen LogP contribution in [0.1, 0.15) is 41.5 Å². The number of likely N-dealkylation sites (tertiary alicyclic amines) is 1. The normalized spacial score (nSPS) is 23.1. The molecule has 3 rings (SSSR count). The third kappa shape index (κ3) is 2.87. The summed E-state index contributed by atoms with van der Waals surface area (Å²) in [5.41, 5.74) is 0. The summed E-state index contributed by atoms with van der Waals surface area (Å²) in [6, 6.07) is 0. The van der Waals surface area contributed by atoms with Gasteiger partial charge in [-0.1, -0.05) is 0 Å². The summed E-state index contributed by atoms with van der Waals surface area (Å²) in [5.74, 6) is 1.32. The number of aliphatic hydroxyl groups excluding tert-OH is 1. The van der Waals surface area contributed by atoms with Crippen LogP contribution in [0.4, 0.5) is 0 Å². The molecule has 1 saturated carbocycles. The Morgan fingerprint density at radius 3 is 2.71 bits per heavy atom. The minimum atomic E-state index is 0.361. The lowest BCUT2D eigenvalue weighted by Crippen LogP contribution is -2.34. The Morgan fingerprint density at radius 2 is 2.06 bits per heavy atom. The smallest absolute Gasteiger partial charge is 0.0959 e. The van der Waals surface area contributed by atoms with Gasteiger partial charge in [0.1, 0.15) is 0 Å². The molecule has 1 aliphatic heterocycles. The average molecular weight is 252 g/mol. The summed E-state index contributed by atoms with van der Waals surface area (Å²) in [4.78, 5) is 8.43. The molecule has 94 valence electrons. The van der Waals surface area contributed by atoms with Crippen LogP contribution < -0.4 is 0 Å². The van der Waals surface area contributed by atoms with E-state index in [9.17, 15) is 0 Å². The van der Waals surface area contributed by atoms with Gasteiger partial charge in [-0.15, -0.1) is 11.3 Å². The first kappa shape index (κ1) is 11.6. The van der Waals surface area contributed by atoms with Crippen molar-refractivity contribution in [3.8, 4) is 0 Å². The first-order valence-electron chi connectivity index (χ1n) is 6.63. The van der Waals surface area contributed by atoms with Crippen LogP contribution in [0, 0.1) is 5.92 Å². The molecule has 2 heterocycles. The lowest BCUT2D eigenvalue weighted by molar-refractivity contribution is 0.128. The van der Waals surface area contributed by atoms with Crippen molar-refractivity contribution in [1.82, 2.24) is 9.88 Å². The molecule has 0 spiro atoms. The summed E-state index contributed by atoms with van der Waals surface area (Å²) in [6.45, 7) is 3.67. The molecule has 4 heteroatoms. The van der Waals surface area contributed by atoms with Crippen LogP contribution >= 0.6 is 11.3 Å².